The Morgan fingerprint density at radius 2 is 2.22 bits per heavy atom. The van der Waals surface area contributed by atoms with Gasteiger partial charge in [0.2, 0.25) is 0 Å². The zero-order chi connectivity index (χ0) is 18.8. The number of piperidine rings is 1. The zero-order valence-electron chi connectivity index (χ0n) is 14.9. The lowest BCUT2D eigenvalue weighted by atomic mass is 10.1. The van der Waals surface area contributed by atoms with Gasteiger partial charge in [0.15, 0.2) is 5.65 Å². The topological polar surface area (TPSA) is 111 Å². The number of hydrogen-bond acceptors (Lipinski definition) is 7. The number of nitrogens with one attached hydrogen (secondary N) is 1. The average molecular weight is 365 g/mol. The predicted octanol–water partition coefficient (Wildman–Crippen LogP) is 2.07. The minimum atomic E-state index is -0.455. The fourth-order valence-electron chi connectivity index (χ4n) is 3.37. The molecule has 1 N–H and O–H groups in total. The monoisotopic (exact) mass is 365 g/mol. The van der Waals surface area contributed by atoms with Crippen LogP contribution < -0.4 is 4.90 Å². The number of anilines is 1. The van der Waals surface area contributed by atoms with E-state index in [0.717, 1.165) is 35.2 Å². The molecule has 0 radical (unpaired) electrons. The van der Waals surface area contributed by atoms with Gasteiger partial charge in [-0.05, 0) is 6.07 Å². The maximum Gasteiger partial charge on any atom is 0.410 e. The van der Waals surface area contributed by atoms with E-state index < -0.39 is 6.09 Å². The predicted molar refractivity (Wildman–Crippen MR) is 99.1 cm³/mol. The van der Waals surface area contributed by atoms with Gasteiger partial charge < -0.3 is 14.6 Å². The largest absolute Gasteiger partial charge is 0.446 e. The summed E-state index contributed by atoms with van der Waals surface area (Å²) in [6.07, 6.45) is 6.00. The van der Waals surface area contributed by atoms with Crippen LogP contribution in [0.1, 0.15) is 12.8 Å². The Morgan fingerprint density at radius 1 is 1.41 bits per heavy atom. The highest BCUT2D eigenvalue weighted by atomic mass is 16.6. The number of ether oxygens (including phenoxy) is 1. The standard InChI is InChI=1S/C18H19N7O2/c1-24(9-5-19)18(26)27-12-3-7-25(8-4-12)17-15-13-2-6-20-16(13)21-10-14(15)22-11-23-17/h2,6,10-12H,3-4,7-9H2,1H3,(H,22,23). The summed E-state index contributed by atoms with van der Waals surface area (Å²) in [5.74, 6) is 0.885. The van der Waals surface area contributed by atoms with Gasteiger partial charge in [-0.3, -0.25) is 4.90 Å². The zero-order valence-corrected chi connectivity index (χ0v) is 14.9. The Hall–Kier alpha value is -3.41. The first-order valence-electron chi connectivity index (χ1n) is 8.78. The van der Waals surface area contributed by atoms with Crippen LogP contribution in [-0.4, -0.2) is 63.7 Å². The Bertz CT molecular complexity index is 1020. The van der Waals surface area contributed by atoms with Gasteiger partial charge in [0, 0.05) is 44.6 Å². The number of amides is 1. The van der Waals surface area contributed by atoms with E-state index in [1.165, 1.54) is 4.90 Å². The lowest BCUT2D eigenvalue weighted by Gasteiger charge is -2.33. The quantitative estimate of drug-likeness (QED) is 0.707. The van der Waals surface area contributed by atoms with Crippen LogP contribution in [0.4, 0.5) is 10.6 Å². The second kappa shape index (κ2) is 7.07. The van der Waals surface area contributed by atoms with Crippen LogP contribution in [-0.2, 0) is 4.74 Å². The smallest absolute Gasteiger partial charge is 0.410 e. The van der Waals surface area contributed by atoms with Crippen LogP contribution in [0.25, 0.3) is 21.9 Å². The van der Waals surface area contributed by atoms with Gasteiger partial charge in [-0.2, -0.15) is 5.26 Å². The molecule has 0 saturated carbocycles. The number of aromatic amines is 1. The van der Waals surface area contributed by atoms with Crippen molar-refractivity contribution in [2.75, 3.05) is 31.6 Å². The average Bonchev–Trinajstić information content (AvgIpc) is 3.17. The van der Waals surface area contributed by atoms with E-state index in [4.69, 9.17) is 10.00 Å². The molecule has 0 bridgehead atoms. The molecule has 0 unspecified atom stereocenters. The van der Waals surface area contributed by atoms with E-state index in [0.29, 0.717) is 18.5 Å². The molecule has 3 aromatic rings. The summed E-state index contributed by atoms with van der Waals surface area (Å²) in [6, 6.07) is 3.89. The van der Waals surface area contributed by atoms with Crippen LogP contribution in [0, 0.1) is 11.3 Å². The number of carbonyl (C=O) groups is 1. The van der Waals surface area contributed by atoms with E-state index in [2.05, 4.69) is 24.8 Å². The van der Waals surface area contributed by atoms with E-state index in [1.54, 1.807) is 25.8 Å². The maximum absolute atomic E-state index is 12.0. The molecule has 9 nitrogen and oxygen atoms in total. The lowest BCUT2D eigenvalue weighted by molar-refractivity contribution is 0.0601. The number of hydrogen-bond donors (Lipinski definition) is 1. The Kier molecular flexibility index (Phi) is 4.46. The molecule has 1 aliphatic rings. The summed E-state index contributed by atoms with van der Waals surface area (Å²) in [6.45, 7) is 1.47. The van der Waals surface area contributed by atoms with Crippen molar-refractivity contribution in [2.45, 2.75) is 18.9 Å². The lowest BCUT2D eigenvalue weighted by Crippen LogP contribution is -2.40. The van der Waals surface area contributed by atoms with E-state index in [-0.39, 0.29) is 12.6 Å². The molecular weight excluding hydrogens is 346 g/mol. The summed E-state index contributed by atoms with van der Waals surface area (Å²) in [5.41, 5.74) is 1.61. The molecule has 27 heavy (non-hydrogen) atoms. The fourth-order valence-corrected chi connectivity index (χ4v) is 3.37. The molecule has 4 heterocycles. The molecule has 0 spiro atoms. The highest BCUT2D eigenvalue weighted by Gasteiger charge is 2.26. The van der Waals surface area contributed by atoms with E-state index >= 15 is 0 Å². The van der Waals surface area contributed by atoms with Gasteiger partial charge in [0.1, 0.15) is 18.5 Å². The van der Waals surface area contributed by atoms with Crippen molar-refractivity contribution in [3.8, 4) is 6.07 Å². The van der Waals surface area contributed by atoms with Gasteiger partial charge in [-0.1, -0.05) is 0 Å². The van der Waals surface area contributed by atoms with E-state index in [9.17, 15) is 4.79 Å². The molecule has 9 heteroatoms. The minimum absolute atomic E-state index is 0.0197. The van der Waals surface area contributed by atoms with Crippen molar-refractivity contribution in [1.82, 2.24) is 24.8 Å². The van der Waals surface area contributed by atoms with Crippen molar-refractivity contribution in [3.63, 3.8) is 0 Å². The third-order valence-electron chi connectivity index (χ3n) is 4.79. The number of fused-ring (bicyclic) bond motifs is 3. The number of aromatic nitrogens is 4. The number of nitrogens with zero attached hydrogens (tertiary/aromatic N) is 6. The van der Waals surface area contributed by atoms with Gasteiger partial charge in [-0.15, -0.1) is 0 Å². The maximum atomic E-state index is 12.0. The molecule has 1 amide bonds. The minimum Gasteiger partial charge on any atom is -0.446 e. The van der Waals surface area contributed by atoms with Gasteiger partial charge in [-0.25, -0.2) is 19.7 Å². The van der Waals surface area contributed by atoms with Crippen LogP contribution >= 0.6 is 0 Å². The number of H-pyrrole nitrogens is 1. The van der Waals surface area contributed by atoms with Crippen molar-refractivity contribution in [3.05, 3.63) is 24.8 Å². The summed E-state index contributed by atoms with van der Waals surface area (Å²) in [7, 11) is 1.56. The molecule has 4 rings (SSSR count). The summed E-state index contributed by atoms with van der Waals surface area (Å²) >= 11 is 0. The second-order valence-electron chi connectivity index (χ2n) is 6.54. The SMILES string of the molecule is CN(CC#N)C(=O)OC1CCN(c2nc[nH]c3cnc4nccc4c23)CC1. The third kappa shape index (κ3) is 3.21. The van der Waals surface area contributed by atoms with Crippen LogP contribution in [0.15, 0.2) is 24.8 Å². The Morgan fingerprint density at radius 3 is 3.00 bits per heavy atom. The van der Waals surface area contributed by atoms with Gasteiger partial charge >= 0.3 is 6.09 Å². The summed E-state index contributed by atoms with van der Waals surface area (Å²) in [4.78, 5) is 31.8. The molecule has 1 saturated heterocycles. The van der Waals surface area contributed by atoms with Gasteiger partial charge in [0.25, 0.3) is 0 Å². The first-order valence-corrected chi connectivity index (χ1v) is 8.78. The van der Waals surface area contributed by atoms with Crippen molar-refractivity contribution in [2.24, 2.45) is 0 Å². The summed E-state index contributed by atoms with van der Waals surface area (Å²) in [5, 5.41) is 10.6. The molecule has 0 aromatic carbocycles. The molecule has 3 aromatic heterocycles. The summed E-state index contributed by atoms with van der Waals surface area (Å²) < 4.78 is 5.50. The molecular formula is C18H19N7O2. The molecule has 1 aliphatic heterocycles. The van der Waals surface area contributed by atoms with E-state index in [1.807, 2.05) is 12.1 Å². The highest BCUT2D eigenvalue weighted by Crippen LogP contribution is 2.31. The van der Waals surface area contributed by atoms with Crippen molar-refractivity contribution < 1.29 is 9.53 Å². The van der Waals surface area contributed by atoms with Crippen molar-refractivity contribution >= 4 is 33.8 Å². The Labute approximate surface area is 155 Å². The number of rotatable bonds is 3. The fraction of sp³-hybridized carbons (Fsp3) is 0.389. The Balaban J connectivity index is 1.51. The normalized spacial score (nSPS) is 15.0. The van der Waals surface area contributed by atoms with Crippen molar-refractivity contribution in [1.29, 1.82) is 5.26 Å². The highest BCUT2D eigenvalue weighted by molar-refractivity contribution is 6.08. The number of carbonyl (C=O) groups excluding carboxylic acids is 1. The number of pyridine rings is 1. The second-order valence-corrected chi connectivity index (χ2v) is 6.54. The van der Waals surface area contributed by atoms with Crippen LogP contribution in [0.2, 0.25) is 0 Å². The first kappa shape index (κ1) is 17.0. The van der Waals surface area contributed by atoms with Gasteiger partial charge in [0.05, 0.1) is 29.5 Å². The molecule has 1 fully saturated rings. The van der Waals surface area contributed by atoms with Crippen LogP contribution in [0.3, 0.4) is 0 Å². The number of nitriles is 1. The molecule has 138 valence electrons. The van der Waals surface area contributed by atoms with Crippen LogP contribution in [0.5, 0.6) is 0 Å². The third-order valence-corrected chi connectivity index (χ3v) is 4.79. The molecule has 0 atom stereocenters. The molecule has 0 aliphatic carbocycles. The first-order chi connectivity index (χ1) is 13.2.